The minimum absolute atomic E-state index is 0.763. The predicted molar refractivity (Wildman–Crippen MR) is 69.3 cm³/mol. The van der Waals surface area contributed by atoms with Crippen molar-refractivity contribution in [2.24, 2.45) is 0 Å². The molecule has 0 fully saturated rings. The maximum atomic E-state index is 4.36. The lowest BCUT2D eigenvalue weighted by Gasteiger charge is -2.04. The molecule has 1 N–H and O–H groups in total. The number of aryl methyl sites for hydroxylation is 1. The van der Waals surface area contributed by atoms with Crippen LogP contribution in [-0.4, -0.2) is 21.5 Å². The predicted octanol–water partition coefficient (Wildman–Crippen LogP) is 2.76. The minimum atomic E-state index is 0.763. The summed E-state index contributed by atoms with van der Waals surface area (Å²) in [5.74, 6) is 0.880. The Kier molecular flexibility index (Phi) is 3.93. The van der Waals surface area contributed by atoms with Crippen LogP contribution in [0.3, 0.4) is 0 Å². The number of nitrogens with one attached hydrogen (secondary N) is 1. The van der Waals surface area contributed by atoms with Crippen LogP contribution in [0.25, 0.3) is 0 Å². The number of aromatic nitrogens is 3. The maximum Gasteiger partial charge on any atom is 0.192 e. The average Bonchev–Trinajstić information content (AvgIpc) is 2.30. The van der Waals surface area contributed by atoms with Crippen LogP contribution >= 0.6 is 11.8 Å². The van der Waals surface area contributed by atoms with Crippen LogP contribution in [0.15, 0.2) is 40.6 Å². The molecule has 0 aliphatic heterocycles. The van der Waals surface area contributed by atoms with Crippen LogP contribution in [0.5, 0.6) is 0 Å². The Morgan fingerprint density at radius 1 is 1.24 bits per heavy atom. The summed E-state index contributed by atoms with van der Waals surface area (Å²) in [7, 11) is 0. The molecule has 0 aromatic carbocycles. The lowest BCUT2D eigenvalue weighted by atomic mass is 10.4. The van der Waals surface area contributed by atoms with Crippen molar-refractivity contribution in [1.29, 1.82) is 0 Å². The van der Waals surface area contributed by atoms with Gasteiger partial charge in [-0.15, -0.1) is 0 Å². The first-order chi connectivity index (χ1) is 8.28. The molecule has 2 heterocycles. The summed E-state index contributed by atoms with van der Waals surface area (Å²) < 4.78 is 0. The van der Waals surface area contributed by atoms with E-state index in [1.165, 1.54) is 11.8 Å². The van der Waals surface area contributed by atoms with E-state index in [9.17, 15) is 0 Å². The SMILES string of the molecule is CCNc1cc(Sc2nccc(C)n2)ccn1. The molecule has 2 aromatic rings. The van der Waals surface area contributed by atoms with E-state index in [0.717, 1.165) is 28.1 Å². The number of rotatable bonds is 4. The number of hydrogen-bond donors (Lipinski definition) is 1. The molecular formula is C12H14N4S. The third-order valence-electron chi connectivity index (χ3n) is 2.07. The summed E-state index contributed by atoms with van der Waals surface area (Å²) in [6.07, 6.45) is 3.56. The molecule has 0 radical (unpaired) electrons. The largest absolute Gasteiger partial charge is 0.370 e. The molecule has 0 unspecified atom stereocenters. The van der Waals surface area contributed by atoms with E-state index >= 15 is 0 Å². The molecule has 5 heteroatoms. The van der Waals surface area contributed by atoms with Crippen LogP contribution in [0, 0.1) is 6.92 Å². The molecule has 0 saturated heterocycles. The van der Waals surface area contributed by atoms with E-state index in [4.69, 9.17) is 0 Å². The Morgan fingerprint density at radius 3 is 2.82 bits per heavy atom. The molecule has 4 nitrogen and oxygen atoms in total. The molecule has 17 heavy (non-hydrogen) atoms. The quantitative estimate of drug-likeness (QED) is 0.841. The van der Waals surface area contributed by atoms with Gasteiger partial charge in [-0.05, 0) is 43.8 Å². The van der Waals surface area contributed by atoms with Crippen molar-refractivity contribution in [3.8, 4) is 0 Å². The summed E-state index contributed by atoms with van der Waals surface area (Å²) in [4.78, 5) is 13.9. The van der Waals surface area contributed by atoms with Gasteiger partial charge < -0.3 is 5.32 Å². The number of anilines is 1. The van der Waals surface area contributed by atoms with Crippen molar-refractivity contribution < 1.29 is 0 Å². The highest BCUT2D eigenvalue weighted by atomic mass is 32.2. The Morgan fingerprint density at radius 2 is 2.06 bits per heavy atom. The van der Waals surface area contributed by atoms with Gasteiger partial charge in [0.1, 0.15) is 5.82 Å². The van der Waals surface area contributed by atoms with Crippen molar-refractivity contribution in [3.63, 3.8) is 0 Å². The molecule has 0 amide bonds. The molecule has 0 saturated carbocycles. The fourth-order valence-electron chi connectivity index (χ4n) is 1.33. The summed E-state index contributed by atoms with van der Waals surface area (Å²) in [5.41, 5.74) is 0.975. The van der Waals surface area contributed by atoms with Crippen molar-refractivity contribution in [3.05, 3.63) is 36.3 Å². The van der Waals surface area contributed by atoms with Gasteiger partial charge in [-0.1, -0.05) is 0 Å². The normalized spacial score (nSPS) is 10.2. The van der Waals surface area contributed by atoms with Gasteiger partial charge in [0.15, 0.2) is 5.16 Å². The highest BCUT2D eigenvalue weighted by Gasteiger charge is 2.02. The van der Waals surface area contributed by atoms with Gasteiger partial charge in [0.2, 0.25) is 0 Å². The van der Waals surface area contributed by atoms with Crippen molar-refractivity contribution in [2.45, 2.75) is 23.9 Å². The third kappa shape index (κ3) is 3.42. The number of nitrogens with zero attached hydrogens (tertiary/aromatic N) is 3. The monoisotopic (exact) mass is 246 g/mol. The lowest BCUT2D eigenvalue weighted by molar-refractivity contribution is 0.932. The van der Waals surface area contributed by atoms with Gasteiger partial charge in [-0.25, -0.2) is 15.0 Å². The zero-order chi connectivity index (χ0) is 12.1. The van der Waals surface area contributed by atoms with Crippen LogP contribution in [-0.2, 0) is 0 Å². The molecule has 0 aliphatic carbocycles. The van der Waals surface area contributed by atoms with Gasteiger partial charge >= 0.3 is 0 Å². The van der Waals surface area contributed by atoms with Crippen molar-refractivity contribution in [2.75, 3.05) is 11.9 Å². The zero-order valence-electron chi connectivity index (χ0n) is 9.84. The van der Waals surface area contributed by atoms with E-state index < -0.39 is 0 Å². The van der Waals surface area contributed by atoms with Gasteiger partial charge in [-0.3, -0.25) is 0 Å². The highest BCUT2D eigenvalue weighted by Crippen LogP contribution is 2.25. The van der Waals surface area contributed by atoms with E-state index in [1.54, 1.807) is 12.4 Å². The van der Waals surface area contributed by atoms with Gasteiger partial charge in [0, 0.05) is 29.5 Å². The third-order valence-corrected chi connectivity index (χ3v) is 2.94. The maximum absolute atomic E-state index is 4.36. The lowest BCUT2D eigenvalue weighted by Crippen LogP contribution is -1.98. The Bertz CT molecular complexity index is 501. The van der Waals surface area contributed by atoms with E-state index in [1.807, 2.05) is 32.0 Å². The molecule has 0 atom stereocenters. The Balaban J connectivity index is 2.15. The number of hydrogen-bond acceptors (Lipinski definition) is 5. The first-order valence-electron chi connectivity index (χ1n) is 5.45. The summed E-state index contributed by atoms with van der Waals surface area (Å²) >= 11 is 1.54. The van der Waals surface area contributed by atoms with Crippen LogP contribution in [0.1, 0.15) is 12.6 Å². The second-order valence-electron chi connectivity index (χ2n) is 3.49. The Labute approximate surface area is 105 Å². The standard InChI is InChI=1S/C12H14N4S/c1-3-13-11-8-10(5-7-14-11)17-12-15-6-4-9(2)16-12/h4-8H,3H2,1-2H3,(H,13,14). The van der Waals surface area contributed by atoms with Crippen LogP contribution in [0.2, 0.25) is 0 Å². The minimum Gasteiger partial charge on any atom is -0.370 e. The summed E-state index contributed by atoms with van der Waals surface area (Å²) in [5, 5.41) is 3.94. The van der Waals surface area contributed by atoms with E-state index in [0.29, 0.717) is 0 Å². The van der Waals surface area contributed by atoms with Crippen LogP contribution in [0.4, 0.5) is 5.82 Å². The van der Waals surface area contributed by atoms with Crippen LogP contribution < -0.4 is 5.32 Å². The second-order valence-corrected chi connectivity index (χ2v) is 4.53. The molecule has 2 rings (SSSR count). The average molecular weight is 246 g/mol. The molecule has 0 spiro atoms. The smallest absolute Gasteiger partial charge is 0.192 e. The fourth-order valence-corrected chi connectivity index (χ4v) is 2.15. The van der Waals surface area contributed by atoms with Gasteiger partial charge in [0.05, 0.1) is 0 Å². The van der Waals surface area contributed by atoms with Crippen molar-refractivity contribution >= 4 is 17.6 Å². The molecule has 2 aromatic heterocycles. The molecule has 88 valence electrons. The van der Waals surface area contributed by atoms with Gasteiger partial charge in [-0.2, -0.15) is 0 Å². The first kappa shape index (κ1) is 11.9. The summed E-state index contributed by atoms with van der Waals surface area (Å²) in [6, 6.07) is 5.84. The second kappa shape index (κ2) is 5.63. The molecule has 0 aliphatic rings. The molecule has 0 bridgehead atoms. The number of pyridine rings is 1. The zero-order valence-corrected chi connectivity index (χ0v) is 10.7. The van der Waals surface area contributed by atoms with E-state index in [-0.39, 0.29) is 0 Å². The van der Waals surface area contributed by atoms with Crippen molar-refractivity contribution in [1.82, 2.24) is 15.0 Å². The topological polar surface area (TPSA) is 50.7 Å². The van der Waals surface area contributed by atoms with Gasteiger partial charge in [0.25, 0.3) is 0 Å². The Hall–Kier alpha value is -1.62. The highest BCUT2D eigenvalue weighted by molar-refractivity contribution is 7.99. The first-order valence-corrected chi connectivity index (χ1v) is 6.27. The summed E-state index contributed by atoms with van der Waals surface area (Å²) in [6.45, 7) is 4.87. The van der Waals surface area contributed by atoms with E-state index in [2.05, 4.69) is 20.3 Å². The molecular weight excluding hydrogens is 232 g/mol. The fraction of sp³-hybridized carbons (Fsp3) is 0.250.